The molecule has 98 valence electrons. The van der Waals surface area contributed by atoms with Crippen LogP contribution in [0, 0.1) is 22.7 Å². The minimum absolute atomic E-state index is 0.391. The average molecular weight is 256 g/mol. The maximum absolute atomic E-state index is 11.3. The van der Waals surface area contributed by atoms with Crippen LogP contribution < -0.4 is 0 Å². The number of carbonyl (C=O) groups is 1. The zero-order valence-electron chi connectivity index (χ0n) is 10.7. The van der Waals surface area contributed by atoms with Gasteiger partial charge in [-0.1, -0.05) is 12.1 Å². The summed E-state index contributed by atoms with van der Waals surface area (Å²) in [5.41, 5.74) is 1.33. The van der Waals surface area contributed by atoms with Gasteiger partial charge in [-0.2, -0.15) is 5.26 Å². The quantitative estimate of drug-likeness (QED) is 0.896. The lowest BCUT2D eigenvalue weighted by molar-refractivity contribution is -0.145. The highest BCUT2D eigenvalue weighted by atomic mass is 16.4. The maximum Gasteiger partial charge on any atom is 0.311 e. The van der Waals surface area contributed by atoms with Crippen LogP contribution in [-0.4, -0.2) is 29.1 Å². The number of carboxylic acid groups (broad SMARTS) is 1. The van der Waals surface area contributed by atoms with Crippen LogP contribution in [-0.2, 0) is 11.3 Å². The Morgan fingerprint density at radius 3 is 2.84 bits per heavy atom. The molecule has 0 amide bonds. The summed E-state index contributed by atoms with van der Waals surface area (Å²) in [5.74, 6) is -0.246. The van der Waals surface area contributed by atoms with Gasteiger partial charge in [-0.05, 0) is 43.0 Å². The Bertz CT molecular complexity index is 546. The minimum Gasteiger partial charge on any atom is -0.481 e. The van der Waals surface area contributed by atoms with Crippen LogP contribution >= 0.6 is 0 Å². The van der Waals surface area contributed by atoms with Gasteiger partial charge in [0.1, 0.15) is 0 Å². The van der Waals surface area contributed by atoms with Crippen LogP contribution in [0.4, 0.5) is 0 Å². The van der Waals surface area contributed by atoms with Crippen molar-refractivity contribution in [3.8, 4) is 6.07 Å². The molecule has 0 radical (unpaired) electrons. The molecule has 1 aromatic rings. The molecule has 2 unspecified atom stereocenters. The maximum atomic E-state index is 11.3. The average Bonchev–Trinajstić information content (AvgIpc) is 3.15. The molecule has 1 saturated heterocycles. The van der Waals surface area contributed by atoms with Crippen molar-refractivity contribution in [2.24, 2.45) is 11.3 Å². The fourth-order valence-corrected chi connectivity index (χ4v) is 3.18. The van der Waals surface area contributed by atoms with Gasteiger partial charge in [0.15, 0.2) is 0 Å². The third-order valence-corrected chi connectivity index (χ3v) is 4.45. The van der Waals surface area contributed by atoms with Crippen molar-refractivity contribution in [3.05, 3.63) is 35.4 Å². The lowest BCUT2D eigenvalue weighted by Gasteiger charge is -2.30. The number of benzene rings is 1. The smallest absolute Gasteiger partial charge is 0.311 e. The monoisotopic (exact) mass is 256 g/mol. The number of nitriles is 1. The summed E-state index contributed by atoms with van der Waals surface area (Å²) < 4.78 is 0. The molecule has 0 bridgehead atoms. The zero-order chi connectivity index (χ0) is 13.5. The molecule has 4 nitrogen and oxygen atoms in total. The number of aliphatic carboxylic acids is 1. The summed E-state index contributed by atoms with van der Waals surface area (Å²) >= 11 is 0. The number of hydrogen-bond acceptors (Lipinski definition) is 3. The van der Waals surface area contributed by atoms with E-state index in [1.807, 2.05) is 24.3 Å². The second kappa shape index (κ2) is 4.36. The molecule has 1 aliphatic heterocycles. The van der Waals surface area contributed by atoms with Crippen molar-refractivity contribution >= 4 is 5.97 Å². The van der Waals surface area contributed by atoms with Crippen LogP contribution in [0.15, 0.2) is 24.3 Å². The van der Waals surface area contributed by atoms with E-state index in [1.54, 1.807) is 0 Å². The van der Waals surface area contributed by atoms with E-state index in [9.17, 15) is 9.90 Å². The first-order valence-corrected chi connectivity index (χ1v) is 6.59. The van der Waals surface area contributed by atoms with E-state index in [-0.39, 0.29) is 0 Å². The van der Waals surface area contributed by atoms with Gasteiger partial charge in [0.2, 0.25) is 0 Å². The Hall–Kier alpha value is -1.86. The van der Waals surface area contributed by atoms with Gasteiger partial charge in [-0.25, -0.2) is 0 Å². The highest BCUT2D eigenvalue weighted by Gasteiger charge is 2.62. The molecular weight excluding hydrogens is 240 g/mol. The molecule has 1 aromatic carbocycles. The third kappa shape index (κ3) is 2.11. The second-order valence-electron chi connectivity index (χ2n) is 5.67. The van der Waals surface area contributed by atoms with Crippen molar-refractivity contribution in [1.29, 1.82) is 5.26 Å². The molecular formula is C15H16N2O2. The molecule has 1 saturated carbocycles. The van der Waals surface area contributed by atoms with Crippen molar-refractivity contribution in [2.75, 3.05) is 13.1 Å². The molecule has 1 aliphatic carbocycles. The Balaban J connectivity index is 1.67. The Morgan fingerprint density at radius 1 is 1.47 bits per heavy atom. The summed E-state index contributed by atoms with van der Waals surface area (Å²) in [6, 6.07) is 9.62. The third-order valence-electron chi connectivity index (χ3n) is 4.45. The number of piperidine rings is 1. The predicted octanol–water partition coefficient (Wildman–Crippen LogP) is 1.85. The van der Waals surface area contributed by atoms with Gasteiger partial charge in [-0.15, -0.1) is 0 Å². The van der Waals surface area contributed by atoms with Gasteiger partial charge in [0.25, 0.3) is 0 Å². The topological polar surface area (TPSA) is 64.3 Å². The van der Waals surface area contributed by atoms with Crippen molar-refractivity contribution in [2.45, 2.75) is 19.4 Å². The first-order valence-electron chi connectivity index (χ1n) is 6.59. The van der Waals surface area contributed by atoms with Crippen LogP contribution in [0.25, 0.3) is 0 Å². The Kier molecular flexibility index (Phi) is 2.79. The van der Waals surface area contributed by atoms with E-state index in [0.29, 0.717) is 18.0 Å². The molecule has 19 heavy (non-hydrogen) atoms. The van der Waals surface area contributed by atoms with E-state index < -0.39 is 11.4 Å². The fraction of sp³-hybridized carbons (Fsp3) is 0.467. The van der Waals surface area contributed by atoms with Gasteiger partial charge < -0.3 is 5.11 Å². The van der Waals surface area contributed by atoms with Gasteiger partial charge >= 0.3 is 5.97 Å². The number of rotatable bonds is 3. The number of likely N-dealkylation sites (tertiary alicyclic amines) is 1. The van der Waals surface area contributed by atoms with E-state index in [1.165, 1.54) is 0 Å². The second-order valence-corrected chi connectivity index (χ2v) is 5.67. The standard InChI is InChI=1S/C15H16N2O2/c16-8-11-1-3-12(4-2-11)9-17-6-5-13-7-15(13,10-17)14(18)19/h1-4,13H,5-7,9-10H2,(H,18,19). The highest BCUT2D eigenvalue weighted by Crippen LogP contribution is 2.57. The minimum atomic E-state index is -0.637. The summed E-state index contributed by atoms with van der Waals surface area (Å²) in [6.07, 6.45) is 1.83. The van der Waals surface area contributed by atoms with E-state index in [2.05, 4.69) is 11.0 Å². The molecule has 1 heterocycles. The van der Waals surface area contributed by atoms with Crippen molar-refractivity contribution in [3.63, 3.8) is 0 Å². The number of fused-ring (bicyclic) bond motifs is 1. The zero-order valence-corrected chi connectivity index (χ0v) is 10.7. The highest BCUT2D eigenvalue weighted by molar-refractivity contribution is 5.79. The molecule has 4 heteroatoms. The number of hydrogen-bond donors (Lipinski definition) is 1. The first kappa shape index (κ1) is 12.2. The predicted molar refractivity (Wildman–Crippen MR) is 69.2 cm³/mol. The largest absolute Gasteiger partial charge is 0.481 e. The SMILES string of the molecule is N#Cc1ccc(CN2CCC3CC3(C(=O)O)C2)cc1. The summed E-state index contributed by atoms with van der Waals surface area (Å²) in [7, 11) is 0. The van der Waals surface area contributed by atoms with E-state index in [4.69, 9.17) is 5.26 Å². The number of nitrogens with zero attached hydrogens (tertiary/aromatic N) is 2. The lowest BCUT2D eigenvalue weighted by atomic mass is 9.97. The summed E-state index contributed by atoms with van der Waals surface area (Å²) in [6.45, 7) is 2.40. The molecule has 3 rings (SSSR count). The molecule has 2 aliphatic rings. The van der Waals surface area contributed by atoms with Crippen LogP contribution in [0.3, 0.4) is 0 Å². The molecule has 2 fully saturated rings. The molecule has 0 spiro atoms. The molecule has 0 aromatic heterocycles. The molecule has 2 atom stereocenters. The number of carboxylic acids is 1. The molecule has 1 N–H and O–H groups in total. The van der Waals surface area contributed by atoms with E-state index >= 15 is 0 Å². The van der Waals surface area contributed by atoms with Crippen molar-refractivity contribution in [1.82, 2.24) is 4.90 Å². The normalized spacial score (nSPS) is 29.3. The Labute approximate surface area is 112 Å². The van der Waals surface area contributed by atoms with E-state index in [0.717, 1.165) is 31.5 Å². The van der Waals surface area contributed by atoms with Gasteiger partial charge in [0, 0.05) is 13.1 Å². The van der Waals surface area contributed by atoms with Crippen LogP contribution in [0.1, 0.15) is 24.0 Å². The summed E-state index contributed by atoms with van der Waals surface area (Å²) in [4.78, 5) is 13.6. The van der Waals surface area contributed by atoms with Crippen LogP contribution in [0.5, 0.6) is 0 Å². The van der Waals surface area contributed by atoms with Crippen LogP contribution in [0.2, 0.25) is 0 Å². The summed E-state index contributed by atoms with van der Waals surface area (Å²) in [5, 5.41) is 18.1. The fourth-order valence-electron chi connectivity index (χ4n) is 3.18. The van der Waals surface area contributed by atoms with Gasteiger partial charge in [0.05, 0.1) is 17.0 Å². The van der Waals surface area contributed by atoms with Gasteiger partial charge in [-0.3, -0.25) is 9.69 Å². The Morgan fingerprint density at radius 2 is 2.21 bits per heavy atom. The lowest BCUT2D eigenvalue weighted by Crippen LogP contribution is -2.40. The van der Waals surface area contributed by atoms with Crippen molar-refractivity contribution < 1.29 is 9.90 Å². The first-order chi connectivity index (χ1) is 9.14.